The van der Waals surface area contributed by atoms with Gasteiger partial charge in [0.05, 0.1) is 12.0 Å². The molecule has 1 saturated heterocycles. The smallest absolute Gasteiger partial charge is 0.253 e. The highest BCUT2D eigenvalue weighted by Crippen LogP contribution is 2.24. The van der Waals surface area contributed by atoms with Crippen molar-refractivity contribution in [1.82, 2.24) is 9.47 Å². The molecule has 1 aromatic heterocycles. The van der Waals surface area contributed by atoms with Gasteiger partial charge in [-0.3, -0.25) is 9.59 Å². The lowest BCUT2D eigenvalue weighted by molar-refractivity contribution is -0.128. The number of aliphatic hydroxyl groups is 1. The summed E-state index contributed by atoms with van der Waals surface area (Å²) in [6, 6.07) is 8.24. The lowest BCUT2D eigenvalue weighted by Gasteiger charge is -2.29. The van der Waals surface area contributed by atoms with E-state index in [1.54, 1.807) is 4.90 Å². The summed E-state index contributed by atoms with van der Waals surface area (Å²) in [7, 11) is 2.03. The highest BCUT2D eigenvalue weighted by Gasteiger charge is 2.26. The Morgan fingerprint density at radius 2 is 2.04 bits per heavy atom. The molecule has 2 heterocycles. The van der Waals surface area contributed by atoms with Crippen LogP contribution in [-0.2, 0) is 23.1 Å². The second kappa shape index (κ2) is 7.13. The van der Waals surface area contributed by atoms with E-state index in [1.165, 1.54) is 23.4 Å². The average molecular weight is 340 g/mol. The standard InChI is InChI=1S/C20H24N2O3/c1-14(23)12-19(24)17-7-5-10-22(20(17)25)11-9-15-13-21(2)18-8-4-3-6-16(15)18/h3-4,6,8,13,24H,5,7,9-12H2,1-2H3/b19-17-. The molecule has 3 rings (SSSR count). The zero-order valence-corrected chi connectivity index (χ0v) is 14.8. The highest BCUT2D eigenvalue weighted by molar-refractivity contribution is 5.95. The van der Waals surface area contributed by atoms with E-state index in [0.717, 1.165) is 12.8 Å². The molecule has 2 aromatic rings. The molecule has 25 heavy (non-hydrogen) atoms. The van der Waals surface area contributed by atoms with Crippen LogP contribution in [0.25, 0.3) is 10.9 Å². The number of ketones is 1. The van der Waals surface area contributed by atoms with E-state index in [9.17, 15) is 14.7 Å². The van der Waals surface area contributed by atoms with Crippen molar-refractivity contribution in [2.75, 3.05) is 13.1 Å². The Morgan fingerprint density at radius 1 is 1.28 bits per heavy atom. The molecule has 1 amide bonds. The van der Waals surface area contributed by atoms with Crippen LogP contribution in [0.4, 0.5) is 0 Å². The predicted octanol–water partition coefficient (Wildman–Crippen LogP) is 3.13. The third-order valence-corrected chi connectivity index (χ3v) is 4.80. The van der Waals surface area contributed by atoms with Crippen LogP contribution in [0.3, 0.4) is 0 Å². The van der Waals surface area contributed by atoms with Crippen LogP contribution in [0.1, 0.15) is 31.7 Å². The van der Waals surface area contributed by atoms with E-state index in [4.69, 9.17) is 0 Å². The van der Waals surface area contributed by atoms with E-state index in [1.807, 2.05) is 19.2 Å². The number of rotatable bonds is 5. The van der Waals surface area contributed by atoms with Gasteiger partial charge in [0.2, 0.25) is 0 Å². The van der Waals surface area contributed by atoms with E-state index in [0.29, 0.717) is 25.1 Å². The number of fused-ring (bicyclic) bond motifs is 1. The SMILES string of the molecule is CC(=O)C/C(O)=C1\CCCN(CCc2cn(C)c3ccccc23)C1=O. The van der Waals surface area contributed by atoms with Crippen molar-refractivity contribution in [3.8, 4) is 0 Å². The second-order valence-electron chi connectivity index (χ2n) is 6.73. The second-order valence-corrected chi connectivity index (χ2v) is 6.73. The lowest BCUT2D eigenvalue weighted by Crippen LogP contribution is -2.39. The van der Waals surface area contributed by atoms with Gasteiger partial charge >= 0.3 is 0 Å². The van der Waals surface area contributed by atoms with Crippen molar-refractivity contribution in [1.29, 1.82) is 0 Å². The van der Waals surface area contributed by atoms with Crippen LogP contribution in [0.15, 0.2) is 41.8 Å². The zero-order chi connectivity index (χ0) is 18.0. The number of hydrogen-bond donors (Lipinski definition) is 1. The van der Waals surface area contributed by atoms with Gasteiger partial charge in [-0.25, -0.2) is 0 Å². The molecule has 0 bridgehead atoms. The number of likely N-dealkylation sites (tertiary alicyclic amines) is 1. The number of carbonyl (C=O) groups is 2. The van der Waals surface area contributed by atoms with Gasteiger partial charge in [-0.2, -0.15) is 0 Å². The minimum absolute atomic E-state index is 0.0573. The maximum absolute atomic E-state index is 12.6. The van der Waals surface area contributed by atoms with Crippen LogP contribution < -0.4 is 0 Å². The Balaban J connectivity index is 1.74. The minimum atomic E-state index is -0.134. The fraction of sp³-hybridized carbons (Fsp3) is 0.400. The summed E-state index contributed by atoms with van der Waals surface area (Å²) in [4.78, 5) is 25.6. The van der Waals surface area contributed by atoms with Gasteiger partial charge < -0.3 is 14.6 Å². The first-order chi connectivity index (χ1) is 12.0. The summed E-state index contributed by atoms with van der Waals surface area (Å²) in [6.45, 7) is 2.73. The Labute approximate surface area is 147 Å². The zero-order valence-electron chi connectivity index (χ0n) is 14.8. The maximum atomic E-state index is 12.6. The fourth-order valence-electron chi connectivity index (χ4n) is 3.55. The molecule has 0 aliphatic carbocycles. The largest absolute Gasteiger partial charge is 0.511 e. The molecule has 1 aliphatic rings. The molecule has 132 valence electrons. The molecule has 1 N–H and O–H groups in total. The number of aliphatic hydroxyl groups excluding tert-OH is 1. The van der Waals surface area contributed by atoms with Gasteiger partial charge in [0.25, 0.3) is 5.91 Å². The summed E-state index contributed by atoms with van der Waals surface area (Å²) >= 11 is 0. The summed E-state index contributed by atoms with van der Waals surface area (Å²) in [5.74, 6) is -0.330. The van der Waals surface area contributed by atoms with Crippen molar-refractivity contribution in [2.24, 2.45) is 7.05 Å². The normalized spacial score (nSPS) is 17.2. The van der Waals surface area contributed by atoms with Crippen LogP contribution in [0, 0.1) is 0 Å². The average Bonchev–Trinajstić information content (AvgIpc) is 2.90. The van der Waals surface area contributed by atoms with E-state index in [-0.39, 0.29) is 23.9 Å². The van der Waals surface area contributed by atoms with E-state index in [2.05, 4.69) is 22.9 Å². The Hall–Kier alpha value is -2.56. The molecule has 0 spiro atoms. The maximum Gasteiger partial charge on any atom is 0.253 e. The lowest BCUT2D eigenvalue weighted by atomic mass is 10.00. The third-order valence-electron chi connectivity index (χ3n) is 4.80. The number of benzene rings is 1. The molecule has 0 radical (unpaired) electrons. The number of aromatic nitrogens is 1. The predicted molar refractivity (Wildman–Crippen MR) is 97.4 cm³/mol. The molecular weight excluding hydrogens is 316 g/mol. The van der Waals surface area contributed by atoms with Crippen molar-refractivity contribution in [3.05, 3.63) is 47.4 Å². The number of piperidine rings is 1. The van der Waals surface area contributed by atoms with Crippen molar-refractivity contribution in [3.63, 3.8) is 0 Å². The van der Waals surface area contributed by atoms with Gasteiger partial charge in [-0.05, 0) is 37.8 Å². The Kier molecular flexibility index (Phi) is 4.93. The van der Waals surface area contributed by atoms with Crippen LogP contribution in [0.5, 0.6) is 0 Å². The molecular formula is C20H24N2O3. The molecule has 0 unspecified atom stereocenters. The summed E-state index contributed by atoms with van der Waals surface area (Å²) < 4.78 is 2.10. The molecule has 0 saturated carbocycles. The van der Waals surface area contributed by atoms with Crippen molar-refractivity contribution < 1.29 is 14.7 Å². The monoisotopic (exact) mass is 340 g/mol. The van der Waals surface area contributed by atoms with Crippen LogP contribution in [0.2, 0.25) is 0 Å². The van der Waals surface area contributed by atoms with Crippen LogP contribution >= 0.6 is 0 Å². The Bertz CT molecular complexity index is 848. The van der Waals surface area contributed by atoms with Gasteiger partial charge in [0.1, 0.15) is 11.5 Å². The van der Waals surface area contributed by atoms with Crippen molar-refractivity contribution >= 4 is 22.6 Å². The first-order valence-corrected chi connectivity index (χ1v) is 8.70. The number of aryl methyl sites for hydroxylation is 1. The molecule has 1 fully saturated rings. The number of nitrogens with zero attached hydrogens (tertiary/aromatic N) is 2. The minimum Gasteiger partial charge on any atom is -0.511 e. The number of allylic oxidation sites excluding steroid dienone is 1. The topological polar surface area (TPSA) is 62.5 Å². The first-order valence-electron chi connectivity index (χ1n) is 8.70. The summed E-state index contributed by atoms with van der Waals surface area (Å²) in [5.41, 5.74) is 2.80. The molecule has 0 atom stereocenters. The first kappa shape index (κ1) is 17.3. The highest BCUT2D eigenvalue weighted by atomic mass is 16.3. The van der Waals surface area contributed by atoms with Gasteiger partial charge in [-0.15, -0.1) is 0 Å². The molecule has 5 nitrogen and oxygen atoms in total. The number of Topliss-reactive ketones (excluding diaryl/α,β-unsaturated/α-hetero) is 1. The summed E-state index contributed by atoms with van der Waals surface area (Å²) in [6.07, 6.45) is 4.19. The van der Waals surface area contributed by atoms with Gasteiger partial charge in [0, 0.05) is 37.2 Å². The van der Waals surface area contributed by atoms with Gasteiger partial charge in [-0.1, -0.05) is 18.2 Å². The van der Waals surface area contributed by atoms with E-state index < -0.39 is 0 Å². The third kappa shape index (κ3) is 3.60. The van der Waals surface area contributed by atoms with Gasteiger partial charge in [0.15, 0.2) is 0 Å². The number of para-hydroxylation sites is 1. The van der Waals surface area contributed by atoms with Crippen molar-refractivity contribution in [2.45, 2.75) is 32.6 Å². The molecule has 1 aromatic carbocycles. The molecule has 5 heteroatoms. The summed E-state index contributed by atoms with van der Waals surface area (Å²) in [5, 5.41) is 11.3. The van der Waals surface area contributed by atoms with Crippen LogP contribution in [-0.4, -0.2) is 39.4 Å². The van der Waals surface area contributed by atoms with E-state index >= 15 is 0 Å². The quantitative estimate of drug-likeness (QED) is 0.672. The number of hydrogen-bond acceptors (Lipinski definition) is 3. The molecule has 1 aliphatic heterocycles. The Morgan fingerprint density at radius 3 is 2.80 bits per heavy atom. The number of carbonyl (C=O) groups excluding carboxylic acids is 2. The fourth-order valence-corrected chi connectivity index (χ4v) is 3.55. The number of amides is 1.